The van der Waals surface area contributed by atoms with Crippen LogP contribution < -0.4 is 10.1 Å². The van der Waals surface area contributed by atoms with Gasteiger partial charge in [-0.2, -0.15) is 0 Å². The Morgan fingerprint density at radius 3 is 2.71 bits per heavy atom. The largest absolute Gasteiger partial charge is 0.485 e. The SMILES string of the molecule is C=CCCC[C@@H]1CCC[C@H]1OC(=O)N[C@H](C(=O)N1C[C@H](Oc2cc3ccccc3nc2Cl)C[C@H]1C(=O)O)C1CCCC1. The number of benzene rings is 1. The van der Waals surface area contributed by atoms with Crippen molar-refractivity contribution in [1.82, 2.24) is 15.2 Å². The van der Waals surface area contributed by atoms with E-state index in [-0.39, 0.29) is 30.1 Å². The van der Waals surface area contributed by atoms with Gasteiger partial charge in [0.25, 0.3) is 0 Å². The number of hydrogen-bond donors (Lipinski definition) is 2. The van der Waals surface area contributed by atoms with Crippen molar-refractivity contribution < 1.29 is 29.0 Å². The molecule has 2 aromatic rings. The highest BCUT2D eigenvalue weighted by Crippen LogP contribution is 2.35. The molecule has 1 aromatic carbocycles. The van der Waals surface area contributed by atoms with Crippen LogP contribution in [0.4, 0.5) is 4.79 Å². The third-order valence-corrected chi connectivity index (χ3v) is 9.28. The zero-order chi connectivity index (χ0) is 29.6. The summed E-state index contributed by atoms with van der Waals surface area (Å²) < 4.78 is 12.0. The molecule has 3 fully saturated rings. The molecule has 2 saturated carbocycles. The molecule has 10 heteroatoms. The van der Waals surface area contributed by atoms with Crippen LogP contribution in [0.5, 0.6) is 5.75 Å². The molecule has 9 nitrogen and oxygen atoms in total. The maximum absolute atomic E-state index is 14.0. The van der Waals surface area contributed by atoms with Crippen LogP contribution in [-0.2, 0) is 14.3 Å². The number of nitrogens with one attached hydrogen (secondary N) is 1. The number of carbonyl (C=O) groups is 3. The number of aliphatic carboxylic acids is 1. The van der Waals surface area contributed by atoms with Crippen molar-refractivity contribution in [3.05, 3.63) is 48.1 Å². The first-order valence-corrected chi connectivity index (χ1v) is 15.5. The topological polar surface area (TPSA) is 118 Å². The summed E-state index contributed by atoms with van der Waals surface area (Å²) in [6.07, 6.45) is 9.87. The smallest absolute Gasteiger partial charge is 0.408 e. The average molecular weight is 598 g/mol. The summed E-state index contributed by atoms with van der Waals surface area (Å²) in [5.74, 6) is -0.953. The van der Waals surface area contributed by atoms with E-state index in [0.29, 0.717) is 11.7 Å². The Bertz CT molecular complexity index is 1300. The lowest BCUT2D eigenvalue weighted by molar-refractivity contribution is -0.149. The van der Waals surface area contributed by atoms with E-state index in [0.717, 1.165) is 75.1 Å². The zero-order valence-corrected chi connectivity index (χ0v) is 24.6. The van der Waals surface area contributed by atoms with Crippen LogP contribution in [0.3, 0.4) is 0 Å². The Balaban J connectivity index is 1.28. The predicted molar refractivity (Wildman–Crippen MR) is 159 cm³/mol. The van der Waals surface area contributed by atoms with E-state index in [2.05, 4.69) is 16.9 Å². The Kier molecular flexibility index (Phi) is 9.88. The molecule has 2 N–H and O–H groups in total. The number of hydrogen-bond acceptors (Lipinski definition) is 6. The molecule has 0 bridgehead atoms. The number of allylic oxidation sites excluding steroid dienone is 1. The van der Waals surface area contributed by atoms with Crippen molar-refractivity contribution in [3.63, 3.8) is 0 Å². The van der Waals surface area contributed by atoms with Crippen molar-refractivity contribution in [1.29, 1.82) is 0 Å². The van der Waals surface area contributed by atoms with Crippen LogP contribution in [0.1, 0.15) is 70.6 Å². The Morgan fingerprint density at radius 1 is 1.17 bits per heavy atom. The molecule has 3 aliphatic rings. The lowest BCUT2D eigenvalue weighted by Crippen LogP contribution is -2.55. The van der Waals surface area contributed by atoms with Crippen molar-refractivity contribution in [2.75, 3.05) is 6.54 Å². The molecule has 42 heavy (non-hydrogen) atoms. The highest BCUT2D eigenvalue weighted by atomic mass is 35.5. The molecule has 5 atom stereocenters. The van der Waals surface area contributed by atoms with E-state index >= 15 is 0 Å². The first kappa shape index (κ1) is 30.1. The highest BCUT2D eigenvalue weighted by Gasteiger charge is 2.45. The van der Waals surface area contributed by atoms with Gasteiger partial charge in [0.1, 0.15) is 24.3 Å². The number of para-hydroxylation sites is 1. The number of fused-ring (bicyclic) bond motifs is 1. The zero-order valence-electron chi connectivity index (χ0n) is 23.9. The molecule has 2 aliphatic carbocycles. The summed E-state index contributed by atoms with van der Waals surface area (Å²) in [6.45, 7) is 3.85. The minimum Gasteiger partial charge on any atom is -0.485 e. The van der Waals surface area contributed by atoms with Gasteiger partial charge in [-0.3, -0.25) is 4.79 Å². The predicted octanol–water partition coefficient (Wildman–Crippen LogP) is 6.13. The van der Waals surface area contributed by atoms with Gasteiger partial charge in [-0.25, -0.2) is 14.6 Å². The van der Waals surface area contributed by atoms with E-state index in [9.17, 15) is 19.5 Å². The second kappa shape index (κ2) is 13.8. The standard InChI is InChI=1S/C32H40ClN3O6/c1-2-3-4-10-20-14-9-16-26(20)42-32(40)35-28(21-11-5-6-12-21)30(37)36-19-23(18-25(36)31(38)39)41-27-17-22-13-7-8-15-24(22)34-29(27)33/h2,7-8,13,15,17,20-21,23,25-26,28H,1,3-6,9-12,14,16,18-19H2,(H,35,40)(H,38,39)/t20-,23-,25+,26-,28+/m1/s1. The first-order chi connectivity index (χ1) is 20.3. The molecule has 1 aromatic heterocycles. The fourth-order valence-electron chi connectivity index (χ4n) is 6.86. The summed E-state index contributed by atoms with van der Waals surface area (Å²) in [5.41, 5.74) is 0.722. The van der Waals surface area contributed by atoms with Crippen molar-refractivity contribution in [3.8, 4) is 5.75 Å². The fraction of sp³-hybridized carbons (Fsp3) is 0.562. The number of rotatable bonds is 11. The van der Waals surface area contributed by atoms with Gasteiger partial charge in [0.15, 0.2) is 10.9 Å². The lowest BCUT2D eigenvalue weighted by Gasteiger charge is -2.31. The van der Waals surface area contributed by atoms with Gasteiger partial charge in [0, 0.05) is 11.8 Å². The molecule has 2 amide bonds. The number of nitrogens with zero attached hydrogens (tertiary/aromatic N) is 2. The van der Waals surface area contributed by atoms with Gasteiger partial charge in [0.2, 0.25) is 5.91 Å². The summed E-state index contributed by atoms with van der Waals surface area (Å²) >= 11 is 6.39. The van der Waals surface area contributed by atoms with Crippen molar-refractivity contribution in [2.45, 2.75) is 94.9 Å². The normalized spacial score (nSPS) is 24.9. The maximum Gasteiger partial charge on any atom is 0.408 e. The van der Waals surface area contributed by atoms with Crippen LogP contribution in [0.15, 0.2) is 43.0 Å². The lowest BCUT2D eigenvalue weighted by atomic mass is 9.96. The minimum absolute atomic E-state index is 0.0624. The third kappa shape index (κ3) is 7.00. The highest BCUT2D eigenvalue weighted by molar-refractivity contribution is 6.31. The van der Waals surface area contributed by atoms with Crippen molar-refractivity contribution in [2.24, 2.45) is 11.8 Å². The first-order valence-electron chi connectivity index (χ1n) is 15.2. The summed E-state index contributed by atoms with van der Waals surface area (Å²) in [4.78, 5) is 45.1. The number of amides is 2. The third-order valence-electron chi connectivity index (χ3n) is 9.01. The number of aromatic nitrogens is 1. The molecule has 0 radical (unpaired) electrons. The number of unbranched alkanes of at least 4 members (excludes halogenated alkanes) is 1. The van der Waals surface area contributed by atoms with E-state index < -0.39 is 36.2 Å². The average Bonchev–Trinajstić information content (AvgIpc) is 3.74. The number of carboxylic acids is 1. The monoisotopic (exact) mass is 597 g/mol. The molecule has 2 heterocycles. The van der Waals surface area contributed by atoms with Crippen LogP contribution in [-0.4, -0.2) is 63.8 Å². The number of likely N-dealkylation sites (tertiary alicyclic amines) is 1. The van der Waals surface area contributed by atoms with Crippen molar-refractivity contribution >= 4 is 40.5 Å². The minimum atomic E-state index is -1.11. The summed E-state index contributed by atoms with van der Waals surface area (Å²) in [6, 6.07) is 7.32. The van der Waals surface area contributed by atoms with Gasteiger partial charge in [-0.05, 0) is 75.3 Å². The van der Waals surface area contributed by atoms with E-state index in [1.54, 1.807) is 6.07 Å². The number of carbonyl (C=O) groups excluding carboxylic acids is 2. The number of ether oxygens (including phenoxy) is 2. The molecule has 0 unspecified atom stereocenters. The van der Waals surface area contributed by atoms with E-state index in [4.69, 9.17) is 21.1 Å². The maximum atomic E-state index is 14.0. The quantitative estimate of drug-likeness (QED) is 0.182. The summed E-state index contributed by atoms with van der Waals surface area (Å²) in [7, 11) is 0. The summed E-state index contributed by atoms with van der Waals surface area (Å²) in [5, 5.41) is 13.9. The molecule has 1 saturated heterocycles. The second-order valence-electron chi connectivity index (χ2n) is 11.8. The van der Waals surface area contributed by atoms with Gasteiger partial charge in [-0.15, -0.1) is 6.58 Å². The molecule has 5 rings (SSSR count). The molecule has 226 valence electrons. The number of halogens is 1. The van der Waals surface area contributed by atoms with Gasteiger partial charge in [0.05, 0.1) is 12.1 Å². The Labute approximate surface area is 251 Å². The van der Waals surface area contributed by atoms with Gasteiger partial charge >= 0.3 is 12.1 Å². The van der Waals surface area contributed by atoms with Gasteiger partial charge in [-0.1, -0.05) is 48.7 Å². The number of pyridine rings is 1. The fourth-order valence-corrected chi connectivity index (χ4v) is 7.05. The number of carboxylic acid groups (broad SMARTS) is 1. The van der Waals surface area contributed by atoms with Gasteiger partial charge < -0.3 is 24.8 Å². The van der Waals surface area contributed by atoms with Crippen LogP contribution >= 0.6 is 11.6 Å². The van der Waals surface area contributed by atoms with Crippen LogP contribution in [0.25, 0.3) is 10.9 Å². The molecular weight excluding hydrogens is 558 g/mol. The van der Waals surface area contributed by atoms with Crippen LogP contribution in [0, 0.1) is 11.8 Å². The molecular formula is C32H40ClN3O6. The molecule has 0 spiro atoms. The molecule has 1 aliphatic heterocycles. The van der Waals surface area contributed by atoms with E-state index in [1.807, 2.05) is 30.3 Å². The number of alkyl carbamates (subject to hydrolysis) is 1. The Morgan fingerprint density at radius 2 is 1.95 bits per heavy atom. The van der Waals surface area contributed by atoms with Crippen LogP contribution in [0.2, 0.25) is 5.15 Å². The second-order valence-corrected chi connectivity index (χ2v) is 12.2. The van der Waals surface area contributed by atoms with E-state index in [1.165, 1.54) is 4.90 Å². The Hall–Kier alpha value is -3.33.